The Hall–Kier alpha value is -1.61. The summed E-state index contributed by atoms with van der Waals surface area (Å²) in [7, 11) is 0. The minimum Gasteiger partial charge on any atom is -0.394 e. The van der Waals surface area contributed by atoms with Crippen LogP contribution in [0.5, 0.6) is 0 Å². The van der Waals surface area contributed by atoms with Crippen LogP contribution in [0.3, 0.4) is 0 Å². The predicted octanol–water partition coefficient (Wildman–Crippen LogP) is 4.37. The number of nitrogens with zero attached hydrogens (tertiary/aromatic N) is 1. The second-order valence-corrected chi connectivity index (χ2v) is 6.78. The van der Waals surface area contributed by atoms with E-state index in [2.05, 4.69) is 43.3 Å². The summed E-state index contributed by atoms with van der Waals surface area (Å²) in [6.07, 6.45) is 11.7. The molecule has 0 spiro atoms. The first-order valence-corrected chi connectivity index (χ1v) is 9.32. The van der Waals surface area contributed by atoms with Crippen molar-refractivity contribution in [2.24, 2.45) is 0 Å². The summed E-state index contributed by atoms with van der Waals surface area (Å²) in [5.74, 6) is 0.296. The summed E-state index contributed by atoms with van der Waals surface area (Å²) in [6.45, 7) is 4.59. The Morgan fingerprint density at radius 3 is 2.62 bits per heavy atom. The first kappa shape index (κ1) is 18.7. The molecule has 1 saturated heterocycles. The van der Waals surface area contributed by atoms with Crippen molar-refractivity contribution in [1.82, 2.24) is 4.90 Å². The van der Waals surface area contributed by atoms with Crippen LogP contribution >= 0.6 is 0 Å². The van der Waals surface area contributed by atoms with E-state index in [0.717, 1.165) is 19.4 Å². The summed E-state index contributed by atoms with van der Waals surface area (Å²) < 4.78 is 0. The largest absolute Gasteiger partial charge is 0.394 e. The number of unbranched alkanes of at least 4 members (excludes halogenated alkanes) is 4. The molecule has 1 aromatic rings. The van der Waals surface area contributed by atoms with Gasteiger partial charge in [-0.05, 0) is 30.4 Å². The number of aliphatic hydroxyl groups is 1. The Balaban J connectivity index is 1.92. The van der Waals surface area contributed by atoms with Gasteiger partial charge in [0.1, 0.15) is 0 Å². The number of hydrogen-bond acceptors (Lipinski definition) is 2. The zero-order valence-electron chi connectivity index (χ0n) is 15.1. The third-order valence-corrected chi connectivity index (χ3v) is 5.04. The predicted molar refractivity (Wildman–Crippen MR) is 99.9 cm³/mol. The Morgan fingerprint density at radius 2 is 2.00 bits per heavy atom. The quantitative estimate of drug-likeness (QED) is 0.720. The van der Waals surface area contributed by atoms with Gasteiger partial charge in [-0.3, -0.25) is 4.79 Å². The highest BCUT2D eigenvalue weighted by Crippen LogP contribution is 2.33. The number of allylic oxidation sites excluding steroid dienone is 1. The molecule has 24 heavy (non-hydrogen) atoms. The molecular formula is C21H31NO2. The van der Waals surface area contributed by atoms with Crippen molar-refractivity contribution in [1.29, 1.82) is 0 Å². The summed E-state index contributed by atoms with van der Waals surface area (Å²) in [4.78, 5) is 13.5. The molecular weight excluding hydrogens is 298 g/mol. The lowest BCUT2D eigenvalue weighted by molar-refractivity contribution is -0.130. The van der Waals surface area contributed by atoms with Gasteiger partial charge in [0.25, 0.3) is 0 Å². The van der Waals surface area contributed by atoms with E-state index in [1.54, 1.807) is 11.8 Å². The van der Waals surface area contributed by atoms with E-state index in [9.17, 15) is 9.90 Å². The van der Waals surface area contributed by atoms with Gasteiger partial charge >= 0.3 is 0 Å². The van der Waals surface area contributed by atoms with Crippen LogP contribution in [-0.4, -0.2) is 35.1 Å². The van der Waals surface area contributed by atoms with E-state index in [-0.39, 0.29) is 24.5 Å². The van der Waals surface area contributed by atoms with Gasteiger partial charge in [-0.25, -0.2) is 0 Å². The van der Waals surface area contributed by atoms with Crippen LogP contribution in [0.2, 0.25) is 0 Å². The molecule has 3 nitrogen and oxygen atoms in total. The topological polar surface area (TPSA) is 40.5 Å². The van der Waals surface area contributed by atoms with Crippen molar-refractivity contribution in [2.45, 2.75) is 64.3 Å². The number of amides is 1. The molecule has 1 aliphatic heterocycles. The summed E-state index contributed by atoms with van der Waals surface area (Å²) in [5.41, 5.74) is 2.44. The molecule has 1 aliphatic rings. The Bertz CT molecular complexity index is 535. The third-order valence-electron chi connectivity index (χ3n) is 5.04. The lowest BCUT2D eigenvalue weighted by atomic mass is 9.91. The monoisotopic (exact) mass is 329 g/mol. The van der Waals surface area contributed by atoms with Crippen molar-refractivity contribution in [3.05, 3.63) is 41.5 Å². The van der Waals surface area contributed by atoms with E-state index in [1.807, 2.05) is 0 Å². The van der Waals surface area contributed by atoms with Gasteiger partial charge in [0.2, 0.25) is 5.91 Å². The average molecular weight is 329 g/mol. The molecule has 0 saturated carbocycles. The van der Waals surface area contributed by atoms with Crippen molar-refractivity contribution in [2.75, 3.05) is 13.2 Å². The molecule has 0 unspecified atom stereocenters. The molecule has 1 amide bonds. The van der Waals surface area contributed by atoms with Gasteiger partial charge in [-0.15, -0.1) is 0 Å². The van der Waals surface area contributed by atoms with E-state index >= 15 is 0 Å². The fraction of sp³-hybridized carbons (Fsp3) is 0.571. The van der Waals surface area contributed by atoms with Crippen molar-refractivity contribution < 1.29 is 9.90 Å². The number of carbonyl (C=O) groups is 1. The lowest BCUT2D eigenvalue weighted by Crippen LogP contribution is -2.38. The molecule has 1 N–H and O–H groups in total. The first-order chi connectivity index (χ1) is 11.7. The smallest absolute Gasteiger partial charge is 0.219 e. The molecule has 0 aromatic heterocycles. The van der Waals surface area contributed by atoms with Crippen molar-refractivity contribution >= 4 is 12.0 Å². The van der Waals surface area contributed by atoms with Gasteiger partial charge in [0.15, 0.2) is 0 Å². The van der Waals surface area contributed by atoms with Crippen LogP contribution in [-0.2, 0) is 4.79 Å². The lowest BCUT2D eigenvalue weighted by Gasteiger charge is -2.25. The van der Waals surface area contributed by atoms with Gasteiger partial charge in [0.05, 0.1) is 12.6 Å². The SMILES string of the molecule is CCCCCC/C=C/c1ccc([C@H]2CCN(C(C)=O)[C@@H]2CO)cc1. The van der Waals surface area contributed by atoms with E-state index < -0.39 is 0 Å². The van der Waals surface area contributed by atoms with Gasteiger partial charge in [0, 0.05) is 19.4 Å². The maximum Gasteiger partial charge on any atom is 0.219 e. The molecule has 2 atom stereocenters. The van der Waals surface area contributed by atoms with E-state index in [4.69, 9.17) is 0 Å². The van der Waals surface area contributed by atoms with Crippen LogP contribution in [0.25, 0.3) is 6.08 Å². The number of rotatable bonds is 8. The minimum absolute atomic E-state index is 0.0314. The Morgan fingerprint density at radius 1 is 1.25 bits per heavy atom. The average Bonchev–Trinajstić information content (AvgIpc) is 3.03. The highest BCUT2D eigenvalue weighted by Gasteiger charge is 2.35. The highest BCUT2D eigenvalue weighted by molar-refractivity contribution is 5.74. The summed E-state index contributed by atoms with van der Waals surface area (Å²) >= 11 is 0. The van der Waals surface area contributed by atoms with Gasteiger partial charge in [-0.1, -0.05) is 62.6 Å². The van der Waals surface area contributed by atoms with Crippen LogP contribution in [0.1, 0.15) is 69.4 Å². The van der Waals surface area contributed by atoms with Crippen LogP contribution in [0.4, 0.5) is 0 Å². The summed E-state index contributed by atoms with van der Waals surface area (Å²) in [5, 5.41) is 9.67. The second kappa shape index (κ2) is 9.63. The molecule has 3 heteroatoms. The minimum atomic E-state index is -0.0811. The fourth-order valence-corrected chi connectivity index (χ4v) is 3.62. The standard InChI is InChI=1S/C21H31NO2/c1-3-4-5-6-7-8-9-18-10-12-19(13-11-18)20-14-15-22(17(2)24)21(20)16-23/h8-13,20-21,23H,3-7,14-16H2,1-2H3/b9-8+/t20-,21-/m1/s1. The molecule has 0 bridgehead atoms. The third kappa shape index (κ3) is 4.94. The van der Waals surface area contributed by atoms with Crippen LogP contribution in [0.15, 0.2) is 30.3 Å². The number of hydrogen-bond donors (Lipinski definition) is 1. The fourth-order valence-electron chi connectivity index (χ4n) is 3.62. The van der Waals surface area contributed by atoms with Crippen molar-refractivity contribution in [3.8, 4) is 0 Å². The van der Waals surface area contributed by atoms with Gasteiger partial charge < -0.3 is 10.0 Å². The number of benzene rings is 1. The normalized spacial score (nSPS) is 20.9. The number of likely N-dealkylation sites (tertiary alicyclic amines) is 1. The zero-order valence-corrected chi connectivity index (χ0v) is 15.1. The molecule has 132 valence electrons. The number of aliphatic hydroxyl groups excluding tert-OH is 1. The van der Waals surface area contributed by atoms with Crippen molar-refractivity contribution in [3.63, 3.8) is 0 Å². The second-order valence-electron chi connectivity index (χ2n) is 6.78. The molecule has 0 radical (unpaired) electrons. The molecule has 0 aliphatic carbocycles. The molecule has 1 fully saturated rings. The summed E-state index contributed by atoms with van der Waals surface area (Å²) in [6, 6.07) is 8.50. The molecule has 1 heterocycles. The first-order valence-electron chi connectivity index (χ1n) is 9.32. The highest BCUT2D eigenvalue weighted by atomic mass is 16.3. The van der Waals surface area contributed by atoms with Crippen LogP contribution in [0, 0.1) is 0 Å². The Labute approximate surface area is 146 Å². The maximum atomic E-state index is 11.7. The zero-order chi connectivity index (χ0) is 17.4. The molecule has 2 rings (SSSR count). The van der Waals surface area contributed by atoms with Gasteiger partial charge in [-0.2, -0.15) is 0 Å². The molecule has 1 aromatic carbocycles. The van der Waals surface area contributed by atoms with Crippen LogP contribution < -0.4 is 0 Å². The Kier molecular flexibility index (Phi) is 7.51. The van der Waals surface area contributed by atoms with E-state index in [1.165, 1.54) is 36.8 Å². The maximum absolute atomic E-state index is 11.7. The van der Waals surface area contributed by atoms with E-state index in [0.29, 0.717) is 0 Å². The number of carbonyl (C=O) groups excluding carboxylic acids is 1.